The second kappa shape index (κ2) is 4.85. The van der Waals surface area contributed by atoms with Crippen LogP contribution in [0.2, 0.25) is 0 Å². The van der Waals surface area contributed by atoms with Crippen molar-refractivity contribution in [1.82, 2.24) is 0 Å². The van der Waals surface area contributed by atoms with E-state index in [0.29, 0.717) is 0 Å². The van der Waals surface area contributed by atoms with Crippen LogP contribution in [0.4, 0.5) is 0 Å². The van der Waals surface area contributed by atoms with E-state index in [1.54, 1.807) is 0 Å². The van der Waals surface area contributed by atoms with Gasteiger partial charge >= 0.3 is 0 Å². The molecule has 2 rings (SSSR count). The lowest BCUT2D eigenvalue weighted by molar-refractivity contribution is 0.651. The summed E-state index contributed by atoms with van der Waals surface area (Å²) in [5.41, 5.74) is 3.76. The molecule has 17 heavy (non-hydrogen) atoms. The minimum absolute atomic E-state index is 0.00935. The molecule has 2 heteroatoms. The Morgan fingerprint density at radius 2 is 1.71 bits per heavy atom. The Morgan fingerprint density at radius 3 is 2.18 bits per heavy atom. The van der Waals surface area contributed by atoms with Gasteiger partial charge in [0.15, 0.2) is 0 Å². The number of allylic oxidation sites excluding steroid dienone is 2. The lowest BCUT2D eigenvalue weighted by Gasteiger charge is -2.17. The zero-order valence-corrected chi connectivity index (χ0v) is 9.85. The Hall–Kier alpha value is -2.06. The van der Waals surface area contributed by atoms with Crippen LogP contribution in [0.5, 0.6) is 0 Å². The molecule has 1 fully saturated rings. The predicted molar refractivity (Wildman–Crippen MR) is 66.5 cm³/mol. The van der Waals surface area contributed by atoms with Gasteiger partial charge in [0.1, 0.15) is 5.92 Å². The summed E-state index contributed by atoms with van der Waals surface area (Å²) in [5.74, 6) is -0.566. The van der Waals surface area contributed by atoms with E-state index in [0.717, 1.165) is 18.4 Å². The molecule has 1 aromatic carbocycles. The highest BCUT2D eigenvalue weighted by molar-refractivity contribution is 5.73. The van der Waals surface area contributed by atoms with E-state index in [2.05, 4.69) is 24.3 Å². The molecule has 0 heterocycles. The van der Waals surface area contributed by atoms with E-state index in [1.807, 2.05) is 25.1 Å². The molecule has 0 aliphatic heterocycles. The SMILES string of the molecule is CC(C(=C1CC1)c1ccccc1)C(C#N)C#N. The van der Waals surface area contributed by atoms with Crippen LogP contribution >= 0.6 is 0 Å². The Morgan fingerprint density at radius 1 is 1.12 bits per heavy atom. The van der Waals surface area contributed by atoms with Gasteiger partial charge in [0.05, 0.1) is 12.1 Å². The average molecular weight is 222 g/mol. The maximum Gasteiger partial charge on any atom is 0.139 e. The van der Waals surface area contributed by atoms with Crippen molar-refractivity contribution in [3.8, 4) is 12.1 Å². The number of rotatable bonds is 3. The monoisotopic (exact) mass is 222 g/mol. The third-order valence-corrected chi connectivity index (χ3v) is 3.20. The highest BCUT2D eigenvalue weighted by Gasteiger charge is 2.28. The molecule has 0 bridgehead atoms. The van der Waals surface area contributed by atoms with Crippen molar-refractivity contribution in [2.45, 2.75) is 19.8 Å². The number of nitrogens with zero attached hydrogens (tertiary/aromatic N) is 2. The van der Waals surface area contributed by atoms with Crippen LogP contribution in [0.3, 0.4) is 0 Å². The molecular formula is C15H14N2. The van der Waals surface area contributed by atoms with Crippen LogP contribution in [0, 0.1) is 34.5 Å². The molecule has 84 valence electrons. The summed E-state index contributed by atoms with van der Waals surface area (Å²) in [6, 6.07) is 14.3. The first-order valence-electron chi connectivity index (χ1n) is 5.84. The van der Waals surface area contributed by atoms with Crippen molar-refractivity contribution in [1.29, 1.82) is 10.5 Å². The minimum atomic E-state index is -0.557. The van der Waals surface area contributed by atoms with Gasteiger partial charge in [-0.3, -0.25) is 0 Å². The van der Waals surface area contributed by atoms with E-state index in [-0.39, 0.29) is 5.92 Å². The van der Waals surface area contributed by atoms with Crippen molar-refractivity contribution >= 4 is 5.57 Å². The molecule has 1 unspecified atom stereocenters. The third-order valence-electron chi connectivity index (χ3n) is 3.20. The third kappa shape index (κ3) is 2.37. The van der Waals surface area contributed by atoms with Crippen LogP contribution in [-0.4, -0.2) is 0 Å². The van der Waals surface area contributed by atoms with Crippen molar-refractivity contribution < 1.29 is 0 Å². The van der Waals surface area contributed by atoms with E-state index >= 15 is 0 Å². The van der Waals surface area contributed by atoms with Gasteiger partial charge in [-0.1, -0.05) is 42.8 Å². The fourth-order valence-electron chi connectivity index (χ4n) is 2.16. The normalized spacial score (nSPS) is 14.9. The lowest BCUT2D eigenvalue weighted by Crippen LogP contribution is -2.10. The maximum atomic E-state index is 9.00. The van der Waals surface area contributed by atoms with Crippen molar-refractivity contribution in [2.75, 3.05) is 0 Å². The molecule has 0 N–H and O–H groups in total. The minimum Gasteiger partial charge on any atom is -0.197 e. The molecule has 1 aromatic rings. The number of nitriles is 2. The van der Waals surface area contributed by atoms with Crippen molar-refractivity contribution in [3.63, 3.8) is 0 Å². The standard InChI is InChI=1S/C15H14N2/c1-11(14(9-16)10-17)15(13-7-8-13)12-5-3-2-4-6-12/h2-6,11,14H,7-8H2,1H3. The first-order chi connectivity index (χ1) is 8.27. The second-order valence-corrected chi connectivity index (χ2v) is 4.41. The first kappa shape index (κ1) is 11.4. The number of benzene rings is 1. The smallest absolute Gasteiger partial charge is 0.139 e. The van der Waals surface area contributed by atoms with Gasteiger partial charge in [0.2, 0.25) is 0 Å². The predicted octanol–water partition coefficient (Wildman–Crippen LogP) is 3.53. The van der Waals surface area contributed by atoms with Crippen molar-refractivity contribution in [3.05, 3.63) is 41.5 Å². The van der Waals surface area contributed by atoms with Crippen LogP contribution in [0.1, 0.15) is 25.3 Å². The van der Waals surface area contributed by atoms with Gasteiger partial charge in [0.25, 0.3) is 0 Å². The second-order valence-electron chi connectivity index (χ2n) is 4.41. The van der Waals surface area contributed by atoms with Gasteiger partial charge in [-0.2, -0.15) is 10.5 Å². The van der Waals surface area contributed by atoms with Crippen LogP contribution in [0.25, 0.3) is 5.57 Å². The summed E-state index contributed by atoms with van der Waals surface area (Å²) in [7, 11) is 0. The van der Waals surface area contributed by atoms with E-state index in [9.17, 15) is 0 Å². The van der Waals surface area contributed by atoms with Crippen LogP contribution in [-0.2, 0) is 0 Å². The van der Waals surface area contributed by atoms with Crippen molar-refractivity contribution in [2.24, 2.45) is 11.8 Å². The Balaban J connectivity index is 2.37. The number of hydrogen-bond donors (Lipinski definition) is 0. The highest BCUT2D eigenvalue weighted by Crippen LogP contribution is 2.42. The molecule has 1 atom stereocenters. The zero-order chi connectivity index (χ0) is 12.3. The topological polar surface area (TPSA) is 47.6 Å². The summed E-state index contributed by atoms with van der Waals surface area (Å²) in [5, 5.41) is 18.0. The van der Waals surface area contributed by atoms with Crippen LogP contribution < -0.4 is 0 Å². The summed E-state index contributed by atoms with van der Waals surface area (Å²) in [6.07, 6.45) is 2.22. The Bertz CT molecular complexity index is 494. The van der Waals surface area contributed by atoms with Crippen LogP contribution in [0.15, 0.2) is 35.9 Å². The molecule has 1 saturated carbocycles. The maximum absolute atomic E-state index is 9.00. The van der Waals surface area contributed by atoms with Gasteiger partial charge in [-0.25, -0.2) is 0 Å². The van der Waals surface area contributed by atoms with Gasteiger partial charge in [0, 0.05) is 5.92 Å². The summed E-state index contributed by atoms with van der Waals surface area (Å²) < 4.78 is 0. The zero-order valence-electron chi connectivity index (χ0n) is 9.85. The molecular weight excluding hydrogens is 208 g/mol. The Kier molecular flexibility index (Phi) is 3.26. The first-order valence-corrected chi connectivity index (χ1v) is 5.84. The Labute approximate surface area is 102 Å². The highest BCUT2D eigenvalue weighted by atomic mass is 14.4. The van der Waals surface area contributed by atoms with Gasteiger partial charge in [-0.05, 0) is 24.0 Å². The molecule has 1 aliphatic carbocycles. The van der Waals surface area contributed by atoms with E-state index in [4.69, 9.17) is 10.5 Å². The van der Waals surface area contributed by atoms with Gasteiger partial charge < -0.3 is 0 Å². The quantitative estimate of drug-likeness (QED) is 0.785. The molecule has 0 aromatic heterocycles. The molecule has 0 spiro atoms. The summed E-state index contributed by atoms with van der Waals surface area (Å²) in [6.45, 7) is 1.98. The molecule has 2 nitrogen and oxygen atoms in total. The summed E-state index contributed by atoms with van der Waals surface area (Å²) >= 11 is 0. The summed E-state index contributed by atoms with van der Waals surface area (Å²) in [4.78, 5) is 0. The largest absolute Gasteiger partial charge is 0.197 e. The fraction of sp³-hybridized carbons (Fsp3) is 0.333. The fourth-order valence-corrected chi connectivity index (χ4v) is 2.16. The molecule has 0 amide bonds. The molecule has 1 aliphatic rings. The number of hydrogen-bond acceptors (Lipinski definition) is 2. The average Bonchev–Trinajstić information content (AvgIpc) is 3.17. The lowest BCUT2D eigenvalue weighted by atomic mass is 9.84. The van der Waals surface area contributed by atoms with E-state index in [1.165, 1.54) is 11.1 Å². The van der Waals surface area contributed by atoms with E-state index < -0.39 is 5.92 Å². The molecule has 0 saturated heterocycles. The molecule has 0 radical (unpaired) electrons. The van der Waals surface area contributed by atoms with Gasteiger partial charge in [-0.15, -0.1) is 0 Å².